The first kappa shape index (κ1) is 32.5. The summed E-state index contributed by atoms with van der Waals surface area (Å²) in [6.07, 6.45) is 1.73. The number of nitrogens with zero attached hydrogens (tertiary/aromatic N) is 2. The molecule has 0 radical (unpaired) electrons. The van der Waals surface area contributed by atoms with Crippen LogP contribution in [0.1, 0.15) is 57.1 Å². The van der Waals surface area contributed by atoms with Crippen molar-refractivity contribution >= 4 is 15.8 Å². The molecule has 2 fully saturated rings. The van der Waals surface area contributed by atoms with Crippen molar-refractivity contribution in [3.8, 4) is 0 Å². The van der Waals surface area contributed by atoms with Gasteiger partial charge in [-0.15, -0.1) is 0 Å². The van der Waals surface area contributed by atoms with Gasteiger partial charge in [0, 0.05) is 44.6 Å². The van der Waals surface area contributed by atoms with Crippen LogP contribution in [0.5, 0.6) is 0 Å². The zero-order valence-corrected chi connectivity index (χ0v) is 25.7. The third-order valence-electron chi connectivity index (χ3n) is 8.77. The van der Waals surface area contributed by atoms with Crippen LogP contribution in [0.25, 0.3) is 0 Å². The fourth-order valence-electron chi connectivity index (χ4n) is 6.84. The Morgan fingerprint density at radius 3 is 2.24 bits per heavy atom. The number of carboxylic acids is 1. The van der Waals surface area contributed by atoms with E-state index in [1.54, 1.807) is 6.07 Å². The van der Waals surface area contributed by atoms with Gasteiger partial charge in [-0.05, 0) is 78.6 Å². The maximum Gasteiger partial charge on any atom is 0.321 e. The van der Waals surface area contributed by atoms with E-state index in [-0.39, 0.29) is 34.9 Å². The van der Waals surface area contributed by atoms with E-state index in [0.717, 1.165) is 11.8 Å². The summed E-state index contributed by atoms with van der Waals surface area (Å²) >= 11 is 0. The topological polar surface area (TPSA) is 77.9 Å². The lowest BCUT2D eigenvalue weighted by Gasteiger charge is -2.36. The monoisotopic (exact) mass is 608 g/mol. The number of hydrogen-bond acceptors (Lipinski definition) is 5. The van der Waals surface area contributed by atoms with E-state index in [0.29, 0.717) is 51.1 Å². The van der Waals surface area contributed by atoms with Gasteiger partial charge in [0.15, 0.2) is 9.84 Å². The van der Waals surface area contributed by atoms with E-state index in [1.165, 1.54) is 36.4 Å². The Hall–Kier alpha value is -2.43. The van der Waals surface area contributed by atoms with Crippen molar-refractivity contribution in [1.82, 2.24) is 9.80 Å². The first-order chi connectivity index (χ1) is 19.5. The van der Waals surface area contributed by atoms with Crippen molar-refractivity contribution in [3.63, 3.8) is 0 Å². The van der Waals surface area contributed by atoms with Gasteiger partial charge in [0.05, 0.1) is 4.90 Å². The van der Waals surface area contributed by atoms with Gasteiger partial charge in [0.25, 0.3) is 5.92 Å². The van der Waals surface area contributed by atoms with Crippen LogP contribution in [0.4, 0.5) is 13.2 Å². The van der Waals surface area contributed by atoms with Crippen molar-refractivity contribution in [1.29, 1.82) is 0 Å². The Bertz CT molecular complexity index is 1340. The number of benzene rings is 2. The van der Waals surface area contributed by atoms with Crippen LogP contribution in [0.2, 0.25) is 0 Å². The van der Waals surface area contributed by atoms with Crippen LogP contribution in [0, 0.1) is 23.1 Å². The zero-order chi connectivity index (χ0) is 30.9. The number of sulfone groups is 1. The van der Waals surface area contributed by atoms with Crippen LogP contribution in [0.3, 0.4) is 0 Å². The van der Waals surface area contributed by atoms with E-state index in [9.17, 15) is 31.5 Å². The first-order valence-electron chi connectivity index (χ1n) is 14.6. The molecule has 2 aromatic carbocycles. The Labute approximate surface area is 247 Å². The summed E-state index contributed by atoms with van der Waals surface area (Å²) in [7, 11) is -3.38. The second-order valence-corrected chi connectivity index (χ2v) is 15.4. The van der Waals surface area contributed by atoms with Gasteiger partial charge in [-0.2, -0.15) is 0 Å². The summed E-state index contributed by atoms with van der Waals surface area (Å²) in [6, 6.07) is 11.5. The second-order valence-electron chi connectivity index (χ2n) is 13.4. The maximum atomic E-state index is 15.0. The summed E-state index contributed by atoms with van der Waals surface area (Å²) in [5.41, 5.74) is 0.792. The number of aliphatic carboxylic acids is 1. The Morgan fingerprint density at radius 2 is 1.69 bits per heavy atom. The molecule has 2 aromatic rings. The molecule has 42 heavy (non-hydrogen) atoms. The molecule has 2 aliphatic heterocycles. The number of rotatable bonds is 10. The van der Waals surface area contributed by atoms with Crippen LogP contribution < -0.4 is 0 Å². The Morgan fingerprint density at radius 1 is 1.05 bits per heavy atom. The molecule has 0 unspecified atom stereocenters. The van der Waals surface area contributed by atoms with Gasteiger partial charge in [-0.25, -0.2) is 21.6 Å². The molecule has 3 atom stereocenters. The fourth-order valence-corrected chi connectivity index (χ4v) is 7.47. The highest BCUT2D eigenvalue weighted by atomic mass is 32.2. The van der Waals surface area contributed by atoms with Gasteiger partial charge in [-0.1, -0.05) is 45.0 Å². The summed E-state index contributed by atoms with van der Waals surface area (Å²) in [6.45, 7) is 8.91. The molecule has 2 heterocycles. The summed E-state index contributed by atoms with van der Waals surface area (Å²) in [5, 5.41) is 10.0. The molecule has 6 nitrogen and oxygen atoms in total. The van der Waals surface area contributed by atoms with E-state index in [2.05, 4.69) is 4.90 Å². The summed E-state index contributed by atoms with van der Waals surface area (Å²) < 4.78 is 67.4. The molecule has 4 rings (SSSR count). The summed E-state index contributed by atoms with van der Waals surface area (Å²) in [4.78, 5) is 16.7. The van der Waals surface area contributed by atoms with E-state index < -0.39 is 39.6 Å². The largest absolute Gasteiger partial charge is 0.480 e. The smallest absolute Gasteiger partial charge is 0.321 e. The van der Waals surface area contributed by atoms with Crippen molar-refractivity contribution in [3.05, 3.63) is 65.5 Å². The minimum atomic E-state index is -3.38. The van der Waals surface area contributed by atoms with Crippen LogP contribution in [-0.4, -0.2) is 80.2 Å². The average molecular weight is 609 g/mol. The van der Waals surface area contributed by atoms with E-state index >= 15 is 0 Å². The standard InChI is InChI=1S/C32H43F3N2O4S/c1-31(2,3)29(30(38)39)37-20-25(28(21-37)24-6-5-7-26(33)16-24)19-36-14-12-23(13-15-36)18-32(34,35)17-22-8-10-27(11-9-22)42(4,40)41/h5-11,16,23,25,28-29H,12-15,17-21H2,1-4H3,(H,38,39)/t25-,28+,29-/m0/s1. The maximum absolute atomic E-state index is 15.0. The minimum absolute atomic E-state index is 0.0268. The molecular formula is C32H43F3N2O4S. The molecule has 232 valence electrons. The van der Waals surface area contributed by atoms with Gasteiger partial charge >= 0.3 is 5.97 Å². The Kier molecular flexibility index (Phi) is 9.79. The molecule has 0 saturated carbocycles. The first-order valence-corrected chi connectivity index (χ1v) is 16.5. The number of likely N-dealkylation sites (tertiary alicyclic amines) is 2. The van der Waals surface area contributed by atoms with Gasteiger partial charge in [0.2, 0.25) is 0 Å². The lowest BCUT2D eigenvalue weighted by Crippen LogP contribution is -2.48. The third-order valence-corrected chi connectivity index (χ3v) is 9.90. The molecule has 2 aliphatic rings. The Balaban J connectivity index is 1.37. The number of carboxylic acid groups (broad SMARTS) is 1. The van der Waals surface area contributed by atoms with Crippen molar-refractivity contribution < 1.29 is 31.5 Å². The van der Waals surface area contributed by atoms with E-state index in [4.69, 9.17) is 0 Å². The van der Waals surface area contributed by atoms with Gasteiger partial charge in [0.1, 0.15) is 11.9 Å². The molecular weight excluding hydrogens is 565 g/mol. The number of piperidine rings is 1. The third kappa shape index (κ3) is 8.35. The lowest BCUT2D eigenvalue weighted by atomic mass is 9.85. The molecule has 0 bridgehead atoms. The quantitative estimate of drug-likeness (QED) is 0.372. The van der Waals surface area contributed by atoms with Gasteiger partial charge < -0.3 is 10.0 Å². The van der Waals surface area contributed by atoms with Crippen LogP contribution in [-0.2, 0) is 21.1 Å². The number of alkyl halides is 2. The normalized spacial score (nSPS) is 22.4. The molecule has 0 aromatic heterocycles. The number of halogens is 3. The zero-order valence-electron chi connectivity index (χ0n) is 24.9. The highest BCUT2D eigenvalue weighted by Crippen LogP contribution is 2.39. The molecule has 2 saturated heterocycles. The van der Waals surface area contributed by atoms with Crippen molar-refractivity contribution in [2.75, 3.05) is 39.0 Å². The second kappa shape index (κ2) is 12.7. The molecule has 0 spiro atoms. The van der Waals surface area contributed by atoms with Gasteiger partial charge in [-0.3, -0.25) is 9.69 Å². The fraction of sp³-hybridized carbons (Fsp3) is 0.594. The number of carbonyl (C=O) groups is 1. The van der Waals surface area contributed by atoms with Crippen LogP contribution in [0.15, 0.2) is 53.4 Å². The van der Waals surface area contributed by atoms with Crippen molar-refractivity contribution in [2.24, 2.45) is 17.3 Å². The molecule has 0 amide bonds. The predicted molar refractivity (Wildman–Crippen MR) is 157 cm³/mol. The minimum Gasteiger partial charge on any atom is -0.480 e. The predicted octanol–water partition coefficient (Wildman–Crippen LogP) is 5.72. The highest BCUT2D eigenvalue weighted by Gasteiger charge is 2.45. The SMILES string of the molecule is CC(C)(C)[C@H](C(=O)O)N1C[C@H](CN2CCC(CC(F)(F)Cc3ccc(S(C)(=O)=O)cc3)CC2)[C@@H](c2cccc(F)c2)C1. The highest BCUT2D eigenvalue weighted by molar-refractivity contribution is 7.90. The number of hydrogen-bond donors (Lipinski definition) is 1. The van der Waals surface area contributed by atoms with Crippen LogP contribution >= 0.6 is 0 Å². The van der Waals surface area contributed by atoms with Crippen molar-refractivity contribution in [2.45, 2.75) is 69.2 Å². The average Bonchev–Trinajstić information content (AvgIpc) is 3.26. The van der Waals surface area contributed by atoms with E-state index in [1.807, 2.05) is 31.7 Å². The molecule has 0 aliphatic carbocycles. The molecule has 10 heteroatoms. The lowest BCUT2D eigenvalue weighted by molar-refractivity contribution is -0.147. The molecule has 1 N–H and O–H groups in total. The summed E-state index contributed by atoms with van der Waals surface area (Å²) in [5.74, 6) is -4.14.